The van der Waals surface area contributed by atoms with E-state index in [9.17, 15) is 5.11 Å². The zero-order valence-corrected chi connectivity index (χ0v) is 21.0. The van der Waals surface area contributed by atoms with Crippen LogP contribution in [0.2, 0.25) is 0 Å². The Morgan fingerprint density at radius 1 is 1.00 bits per heavy atom. The van der Waals surface area contributed by atoms with Crippen molar-refractivity contribution in [2.45, 2.75) is 68.9 Å². The Labute approximate surface area is 215 Å². The summed E-state index contributed by atoms with van der Waals surface area (Å²) < 4.78 is 26.0. The summed E-state index contributed by atoms with van der Waals surface area (Å²) in [6, 6.07) is 7.37. The van der Waals surface area contributed by atoms with Crippen molar-refractivity contribution >= 4 is 5.82 Å². The van der Waals surface area contributed by atoms with E-state index in [1.165, 1.54) is 7.11 Å². The standard InChI is InChI=1S/C27H31FN6O3/c1-36-23-11-16(13-30-27(23)37-2)15-6-9-19(22(35)10-15)26-29-14-24(32-33-26)34(18-7-8-18)21-12-17-4-3-5-20(31-17)25(21)28/h6,9-11,13-14,17-18,20-21,25,31,35H,3-5,7-8,12H2,1-2H3/t17-,20-,21-,25+/m0/s1. The van der Waals surface area contributed by atoms with Crippen LogP contribution in [0.15, 0.2) is 36.7 Å². The van der Waals surface area contributed by atoms with Crippen LogP contribution in [0.25, 0.3) is 22.5 Å². The van der Waals surface area contributed by atoms with Gasteiger partial charge in [0, 0.05) is 29.9 Å². The van der Waals surface area contributed by atoms with Crippen molar-refractivity contribution in [3.05, 3.63) is 36.7 Å². The summed E-state index contributed by atoms with van der Waals surface area (Å²) >= 11 is 0. The number of alkyl halides is 1. The van der Waals surface area contributed by atoms with Crippen LogP contribution in [0.5, 0.6) is 17.4 Å². The first-order chi connectivity index (χ1) is 18.1. The molecule has 2 aromatic heterocycles. The topological polar surface area (TPSA) is 106 Å². The molecule has 2 aliphatic heterocycles. The molecule has 3 fully saturated rings. The highest BCUT2D eigenvalue weighted by atomic mass is 19.1. The lowest BCUT2D eigenvalue weighted by molar-refractivity contribution is 0.104. The molecular formula is C27H31FN6O3. The smallest absolute Gasteiger partial charge is 0.256 e. The Morgan fingerprint density at radius 2 is 1.86 bits per heavy atom. The molecule has 1 aliphatic carbocycles. The van der Waals surface area contributed by atoms with Gasteiger partial charge in [-0.1, -0.05) is 12.5 Å². The second-order valence-corrected chi connectivity index (χ2v) is 10.1. The van der Waals surface area contributed by atoms with Gasteiger partial charge in [-0.3, -0.25) is 0 Å². The van der Waals surface area contributed by atoms with E-state index in [1.54, 1.807) is 37.7 Å². The highest BCUT2D eigenvalue weighted by Gasteiger charge is 2.46. The molecule has 0 amide bonds. The van der Waals surface area contributed by atoms with Gasteiger partial charge in [0.1, 0.15) is 11.9 Å². The van der Waals surface area contributed by atoms with Crippen LogP contribution in [0, 0.1) is 0 Å². The maximum Gasteiger partial charge on any atom is 0.256 e. The Bertz CT molecular complexity index is 1270. The van der Waals surface area contributed by atoms with Gasteiger partial charge in [0.25, 0.3) is 5.88 Å². The van der Waals surface area contributed by atoms with Crippen LogP contribution in [-0.4, -0.2) is 69.8 Å². The minimum Gasteiger partial charge on any atom is -0.507 e. The Hall–Kier alpha value is -3.53. The SMILES string of the molecule is COc1cc(-c2ccc(-c3ncc(N(C4CC4)[C@H]4C[C@@H]5CCC[C@H](N5)[C@H]4F)nn3)c(O)c2)cnc1OC. The van der Waals surface area contributed by atoms with E-state index in [-0.39, 0.29) is 23.9 Å². The number of halogens is 1. The van der Waals surface area contributed by atoms with Gasteiger partial charge in [-0.2, -0.15) is 0 Å². The number of pyridine rings is 1. The maximum atomic E-state index is 15.5. The Balaban J connectivity index is 1.25. The lowest BCUT2D eigenvalue weighted by Gasteiger charge is -2.47. The Morgan fingerprint density at radius 3 is 2.57 bits per heavy atom. The summed E-state index contributed by atoms with van der Waals surface area (Å²) in [5.74, 6) is 1.83. The van der Waals surface area contributed by atoms with E-state index >= 15 is 4.39 Å². The van der Waals surface area contributed by atoms with E-state index in [2.05, 4.69) is 30.4 Å². The summed E-state index contributed by atoms with van der Waals surface area (Å²) in [5.41, 5.74) is 1.99. The van der Waals surface area contributed by atoms with E-state index in [0.29, 0.717) is 34.9 Å². The van der Waals surface area contributed by atoms with Gasteiger partial charge in [-0.15, -0.1) is 10.2 Å². The normalized spacial score (nSPS) is 24.9. The summed E-state index contributed by atoms with van der Waals surface area (Å²) in [6.45, 7) is 0. The molecule has 3 aromatic rings. The van der Waals surface area contributed by atoms with E-state index in [1.807, 2.05) is 6.07 Å². The molecule has 2 bridgehead atoms. The lowest BCUT2D eigenvalue weighted by atomic mass is 9.82. The minimum atomic E-state index is -0.943. The number of piperidine rings is 2. The van der Waals surface area contributed by atoms with Crippen molar-refractivity contribution in [2.24, 2.45) is 0 Å². The third kappa shape index (κ3) is 4.54. The number of rotatable bonds is 7. The molecule has 10 heteroatoms. The zero-order chi connectivity index (χ0) is 25.5. The first kappa shape index (κ1) is 23.8. The van der Waals surface area contributed by atoms with Gasteiger partial charge in [0.15, 0.2) is 17.4 Å². The van der Waals surface area contributed by atoms with Gasteiger partial charge >= 0.3 is 0 Å². The van der Waals surface area contributed by atoms with Crippen LogP contribution in [0.3, 0.4) is 0 Å². The fourth-order valence-corrected chi connectivity index (χ4v) is 5.73. The van der Waals surface area contributed by atoms with Gasteiger partial charge < -0.3 is 24.8 Å². The number of nitrogens with one attached hydrogen (secondary N) is 1. The number of aromatic hydroxyl groups is 1. The molecule has 6 rings (SSSR count). The molecule has 4 atom stereocenters. The van der Waals surface area contributed by atoms with Gasteiger partial charge in [0.2, 0.25) is 0 Å². The molecule has 3 aliphatic rings. The zero-order valence-electron chi connectivity index (χ0n) is 21.0. The number of benzene rings is 1. The molecular weight excluding hydrogens is 475 g/mol. The predicted octanol–water partition coefficient (Wildman–Crippen LogP) is 3.91. The van der Waals surface area contributed by atoms with E-state index < -0.39 is 6.17 Å². The third-order valence-electron chi connectivity index (χ3n) is 7.71. The molecule has 4 heterocycles. The number of ether oxygens (including phenoxy) is 2. The molecule has 9 nitrogen and oxygen atoms in total. The van der Waals surface area contributed by atoms with Crippen molar-refractivity contribution in [2.75, 3.05) is 19.1 Å². The second kappa shape index (κ2) is 9.74. The Kier molecular flexibility index (Phi) is 6.27. The first-order valence-electron chi connectivity index (χ1n) is 12.9. The average Bonchev–Trinajstić information content (AvgIpc) is 3.77. The predicted molar refractivity (Wildman–Crippen MR) is 137 cm³/mol. The molecule has 2 saturated heterocycles. The highest BCUT2D eigenvalue weighted by Crippen LogP contribution is 2.40. The highest BCUT2D eigenvalue weighted by molar-refractivity contribution is 5.73. The fourth-order valence-electron chi connectivity index (χ4n) is 5.73. The molecule has 2 N–H and O–H groups in total. The van der Waals surface area contributed by atoms with Crippen LogP contribution in [-0.2, 0) is 0 Å². The van der Waals surface area contributed by atoms with Crippen LogP contribution in [0.4, 0.5) is 10.2 Å². The van der Waals surface area contributed by atoms with Crippen LogP contribution in [0.1, 0.15) is 38.5 Å². The molecule has 1 saturated carbocycles. The van der Waals surface area contributed by atoms with Crippen LogP contribution >= 0.6 is 0 Å². The van der Waals surface area contributed by atoms with Gasteiger partial charge in [-0.05, 0) is 55.9 Å². The number of methoxy groups -OCH3 is 2. The summed E-state index contributed by atoms with van der Waals surface area (Å²) in [7, 11) is 3.08. The minimum absolute atomic E-state index is 0.0240. The summed E-state index contributed by atoms with van der Waals surface area (Å²) in [6.07, 6.45) is 8.26. The molecule has 1 aromatic carbocycles. The quantitative estimate of drug-likeness (QED) is 0.493. The van der Waals surface area contributed by atoms with E-state index in [4.69, 9.17) is 9.47 Å². The number of hydrogen-bond donors (Lipinski definition) is 2. The van der Waals surface area contributed by atoms with Crippen molar-refractivity contribution in [1.29, 1.82) is 0 Å². The second-order valence-electron chi connectivity index (χ2n) is 10.1. The largest absolute Gasteiger partial charge is 0.507 e. The fraction of sp³-hybridized carbons (Fsp3) is 0.481. The van der Waals surface area contributed by atoms with E-state index in [0.717, 1.165) is 49.7 Å². The number of aromatic nitrogens is 4. The number of anilines is 1. The number of hydrogen-bond acceptors (Lipinski definition) is 9. The molecule has 37 heavy (non-hydrogen) atoms. The number of phenols is 1. The first-order valence-corrected chi connectivity index (χ1v) is 12.9. The monoisotopic (exact) mass is 506 g/mol. The van der Waals surface area contributed by atoms with Crippen molar-refractivity contribution in [1.82, 2.24) is 25.5 Å². The molecule has 0 unspecified atom stereocenters. The molecule has 0 spiro atoms. The summed E-state index contributed by atoms with van der Waals surface area (Å²) in [4.78, 5) is 10.9. The van der Waals surface area contributed by atoms with Crippen molar-refractivity contribution in [3.8, 4) is 39.9 Å². The lowest BCUT2D eigenvalue weighted by Crippen LogP contribution is -2.62. The third-order valence-corrected chi connectivity index (χ3v) is 7.71. The van der Waals surface area contributed by atoms with Crippen molar-refractivity contribution in [3.63, 3.8) is 0 Å². The average molecular weight is 507 g/mol. The maximum absolute atomic E-state index is 15.5. The molecule has 194 valence electrons. The van der Waals surface area contributed by atoms with Gasteiger partial charge in [0.05, 0.1) is 32.0 Å². The van der Waals surface area contributed by atoms with Gasteiger partial charge in [-0.25, -0.2) is 14.4 Å². The molecule has 0 radical (unpaired) electrons. The van der Waals surface area contributed by atoms with Crippen molar-refractivity contribution < 1.29 is 19.0 Å². The van der Waals surface area contributed by atoms with Crippen LogP contribution < -0.4 is 19.7 Å². The number of phenolic OH excluding ortho intramolecular Hbond substituents is 1. The number of fused-ring (bicyclic) bond motifs is 2. The number of nitrogens with zero attached hydrogens (tertiary/aromatic N) is 5. The summed E-state index contributed by atoms with van der Waals surface area (Å²) in [5, 5.41) is 23.0.